The predicted octanol–water partition coefficient (Wildman–Crippen LogP) is 2.34. The molecule has 1 aromatic carbocycles. The van der Waals surface area contributed by atoms with E-state index in [-0.39, 0.29) is 0 Å². The van der Waals surface area contributed by atoms with E-state index >= 15 is 0 Å². The maximum Gasteiger partial charge on any atom is 0.213 e. The van der Waals surface area contributed by atoms with Crippen LogP contribution in [0.2, 0.25) is 0 Å². The Morgan fingerprint density at radius 3 is 2.47 bits per heavy atom. The number of ether oxygens (including phenoxy) is 1. The van der Waals surface area contributed by atoms with Gasteiger partial charge in [0, 0.05) is 18.0 Å². The number of anilines is 1. The summed E-state index contributed by atoms with van der Waals surface area (Å²) in [6.45, 7) is 0. The first-order valence-corrected chi connectivity index (χ1v) is 4.65. The average molecular weight is 200 g/mol. The van der Waals surface area contributed by atoms with E-state index in [2.05, 4.69) is 4.98 Å². The third-order valence-corrected chi connectivity index (χ3v) is 2.19. The monoisotopic (exact) mass is 200 g/mol. The van der Waals surface area contributed by atoms with Gasteiger partial charge in [-0.2, -0.15) is 0 Å². The zero-order valence-electron chi connectivity index (χ0n) is 8.47. The quantitative estimate of drug-likeness (QED) is 0.757. The van der Waals surface area contributed by atoms with Gasteiger partial charge in [-0.15, -0.1) is 0 Å². The van der Waals surface area contributed by atoms with Gasteiger partial charge in [-0.25, -0.2) is 4.98 Å². The Labute approximate surface area is 88.5 Å². The number of nitrogen functional groups attached to an aromatic ring is 1. The topological polar surface area (TPSA) is 48.1 Å². The van der Waals surface area contributed by atoms with Crippen molar-refractivity contribution >= 4 is 5.69 Å². The lowest BCUT2D eigenvalue weighted by Crippen LogP contribution is -1.88. The van der Waals surface area contributed by atoms with Gasteiger partial charge >= 0.3 is 0 Å². The van der Waals surface area contributed by atoms with Crippen LogP contribution < -0.4 is 10.5 Å². The lowest BCUT2D eigenvalue weighted by atomic mass is 10.1. The smallest absolute Gasteiger partial charge is 0.213 e. The van der Waals surface area contributed by atoms with Gasteiger partial charge in [0.05, 0.1) is 7.11 Å². The maximum absolute atomic E-state index is 5.62. The molecule has 2 N–H and O–H groups in total. The Morgan fingerprint density at radius 1 is 1.07 bits per heavy atom. The van der Waals surface area contributed by atoms with E-state index in [0.29, 0.717) is 5.88 Å². The molecule has 0 bridgehead atoms. The summed E-state index contributed by atoms with van der Waals surface area (Å²) < 4.78 is 5.06. The first kappa shape index (κ1) is 9.52. The van der Waals surface area contributed by atoms with Gasteiger partial charge in [-0.3, -0.25) is 0 Å². The highest BCUT2D eigenvalue weighted by molar-refractivity contribution is 5.65. The van der Waals surface area contributed by atoms with Crippen molar-refractivity contribution < 1.29 is 4.74 Å². The largest absolute Gasteiger partial charge is 0.481 e. The van der Waals surface area contributed by atoms with Crippen molar-refractivity contribution in [2.75, 3.05) is 12.8 Å². The van der Waals surface area contributed by atoms with Gasteiger partial charge in [0.15, 0.2) is 0 Å². The molecule has 0 saturated heterocycles. The van der Waals surface area contributed by atoms with Crippen LogP contribution in [0.5, 0.6) is 5.88 Å². The molecule has 0 spiro atoms. The Morgan fingerprint density at radius 2 is 1.80 bits per heavy atom. The number of rotatable bonds is 2. The molecule has 76 valence electrons. The summed E-state index contributed by atoms with van der Waals surface area (Å²) in [4.78, 5) is 4.05. The minimum Gasteiger partial charge on any atom is -0.481 e. The second kappa shape index (κ2) is 4.00. The minimum atomic E-state index is 0.615. The summed E-state index contributed by atoms with van der Waals surface area (Å²) in [6.07, 6.45) is 1.73. The highest BCUT2D eigenvalue weighted by Crippen LogP contribution is 2.22. The van der Waals surface area contributed by atoms with E-state index in [1.54, 1.807) is 13.3 Å². The standard InChI is InChI=1S/C12H12N2O/c1-15-12-8-10(6-7-14-12)9-2-4-11(13)5-3-9/h2-8H,13H2,1H3. The summed E-state index contributed by atoms with van der Waals surface area (Å²) in [5, 5.41) is 0. The summed E-state index contributed by atoms with van der Waals surface area (Å²) in [7, 11) is 1.61. The summed E-state index contributed by atoms with van der Waals surface area (Å²) >= 11 is 0. The molecule has 3 heteroatoms. The van der Waals surface area contributed by atoms with Crippen molar-refractivity contribution in [3.05, 3.63) is 42.6 Å². The Hall–Kier alpha value is -2.03. The lowest BCUT2D eigenvalue weighted by molar-refractivity contribution is 0.398. The molecule has 0 amide bonds. The third kappa shape index (κ3) is 2.07. The third-order valence-electron chi connectivity index (χ3n) is 2.19. The number of methoxy groups -OCH3 is 1. The van der Waals surface area contributed by atoms with Crippen molar-refractivity contribution in [3.8, 4) is 17.0 Å². The lowest BCUT2D eigenvalue weighted by Gasteiger charge is -2.03. The fourth-order valence-corrected chi connectivity index (χ4v) is 1.38. The van der Waals surface area contributed by atoms with Crippen LogP contribution in [0, 0.1) is 0 Å². The van der Waals surface area contributed by atoms with Crippen LogP contribution in [-0.2, 0) is 0 Å². The van der Waals surface area contributed by atoms with Gasteiger partial charge in [-0.05, 0) is 29.3 Å². The second-order valence-corrected chi connectivity index (χ2v) is 3.21. The average Bonchev–Trinajstić information content (AvgIpc) is 2.30. The fraction of sp³-hybridized carbons (Fsp3) is 0.0833. The number of pyridine rings is 1. The van der Waals surface area contributed by atoms with Crippen LogP contribution in [0.15, 0.2) is 42.6 Å². The molecule has 2 aromatic rings. The molecular weight excluding hydrogens is 188 g/mol. The van der Waals surface area contributed by atoms with E-state index < -0.39 is 0 Å². The molecular formula is C12H12N2O. The van der Waals surface area contributed by atoms with Crippen molar-refractivity contribution in [3.63, 3.8) is 0 Å². The molecule has 1 aromatic heterocycles. The predicted molar refractivity (Wildman–Crippen MR) is 60.6 cm³/mol. The van der Waals surface area contributed by atoms with Crippen LogP contribution >= 0.6 is 0 Å². The van der Waals surface area contributed by atoms with E-state index in [1.807, 2.05) is 36.4 Å². The van der Waals surface area contributed by atoms with Crippen molar-refractivity contribution in [1.82, 2.24) is 4.98 Å². The Kier molecular flexibility index (Phi) is 2.54. The Bertz CT molecular complexity index is 451. The zero-order valence-corrected chi connectivity index (χ0v) is 8.47. The van der Waals surface area contributed by atoms with Crippen molar-refractivity contribution in [1.29, 1.82) is 0 Å². The number of hydrogen-bond acceptors (Lipinski definition) is 3. The normalized spacial score (nSPS) is 9.93. The highest BCUT2D eigenvalue weighted by atomic mass is 16.5. The number of nitrogens with two attached hydrogens (primary N) is 1. The summed E-state index contributed by atoms with van der Waals surface area (Å²) in [5.41, 5.74) is 8.56. The second-order valence-electron chi connectivity index (χ2n) is 3.21. The number of nitrogens with zero attached hydrogens (tertiary/aromatic N) is 1. The number of benzene rings is 1. The van der Waals surface area contributed by atoms with Gasteiger partial charge < -0.3 is 10.5 Å². The number of aromatic nitrogens is 1. The van der Waals surface area contributed by atoms with E-state index in [1.165, 1.54) is 0 Å². The molecule has 0 saturated carbocycles. The Balaban J connectivity index is 2.40. The minimum absolute atomic E-state index is 0.615. The molecule has 0 unspecified atom stereocenters. The van der Waals surface area contributed by atoms with Crippen LogP contribution in [0.3, 0.4) is 0 Å². The van der Waals surface area contributed by atoms with E-state index in [4.69, 9.17) is 10.5 Å². The summed E-state index contributed by atoms with van der Waals surface area (Å²) in [5.74, 6) is 0.615. The van der Waals surface area contributed by atoms with Crippen molar-refractivity contribution in [2.45, 2.75) is 0 Å². The van der Waals surface area contributed by atoms with Gasteiger partial charge in [0.2, 0.25) is 5.88 Å². The molecule has 1 heterocycles. The molecule has 0 aliphatic rings. The van der Waals surface area contributed by atoms with Crippen LogP contribution in [-0.4, -0.2) is 12.1 Å². The SMILES string of the molecule is COc1cc(-c2ccc(N)cc2)ccn1. The van der Waals surface area contributed by atoms with E-state index in [9.17, 15) is 0 Å². The first-order valence-electron chi connectivity index (χ1n) is 4.65. The molecule has 3 nitrogen and oxygen atoms in total. The maximum atomic E-state index is 5.62. The van der Waals surface area contributed by atoms with Gasteiger partial charge in [0.25, 0.3) is 0 Å². The molecule has 0 aliphatic carbocycles. The van der Waals surface area contributed by atoms with E-state index in [0.717, 1.165) is 16.8 Å². The van der Waals surface area contributed by atoms with Gasteiger partial charge in [-0.1, -0.05) is 12.1 Å². The number of hydrogen-bond donors (Lipinski definition) is 1. The molecule has 0 fully saturated rings. The zero-order chi connectivity index (χ0) is 10.7. The first-order chi connectivity index (χ1) is 7.29. The molecule has 0 atom stereocenters. The van der Waals surface area contributed by atoms with Crippen molar-refractivity contribution in [2.24, 2.45) is 0 Å². The highest BCUT2D eigenvalue weighted by Gasteiger charge is 1.99. The van der Waals surface area contributed by atoms with Gasteiger partial charge in [0.1, 0.15) is 0 Å². The van der Waals surface area contributed by atoms with Crippen LogP contribution in [0.25, 0.3) is 11.1 Å². The van der Waals surface area contributed by atoms with Crippen LogP contribution in [0.1, 0.15) is 0 Å². The molecule has 0 aliphatic heterocycles. The fourth-order valence-electron chi connectivity index (χ4n) is 1.38. The molecule has 15 heavy (non-hydrogen) atoms. The molecule has 2 rings (SSSR count). The van der Waals surface area contributed by atoms with Crippen LogP contribution in [0.4, 0.5) is 5.69 Å². The molecule has 0 radical (unpaired) electrons. The summed E-state index contributed by atoms with van der Waals surface area (Å²) in [6, 6.07) is 11.5.